The summed E-state index contributed by atoms with van der Waals surface area (Å²) in [6.45, 7) is 2.17. The number of anilines is 1. The fourth-order valence-electron chi connectivity index (χ4n) is 3.94. The van der Waals surface area contributed by atoms with Gasteiger partial charge in [-0.1, -0.05) is 6.07 Å². The molecule has 0 radical (unpaired) electrons. The van der Waals surface area contributed by atoms with Crippen molar-refractivity contribution in [2.45, 2.75) is 49.3 Å². The van der Waals surface area contributed by atoms with Crippen LogP contribution in [0.1, 0.15) is 39.1 Å². The molecule has 2 nitrogen and oxygen atoms in total. The fourth-order valence-corrected chi connectivity index (χ4v) is 6.10. The van der Waals surface area contributed by atoms with Crippen molar-refractivity contribution in [1.29, 1.82) is 0 Å². The first-order valence-corrected chi connectivity index (χ1v) is 9.93. The Hall–Kier alpha value is -0.970. The van der Waals surface area contributed by atoms with Crippen molar-refractivity contribution >= 4 is 29.0 Å². The summed E-state index contributed by atoms with van der Waals surface area (Å²) >= 11 is 3.81. The maximum absolute atomic E-state index is 3.74. The van der Waals surface area contributed by atoms with Gasteiger partial charge in [-0.15, -0.1) is 11.3 Å². The Kier molecular flexibility index (Phi) is 3.24. The van der Waals surface area contributed by atoms with Crippen LogP contribution in [-0.4, -0.2) is 6.54 Å². The van der Waals surface area contributed by atoms with Crippen LogP contribution >= 0.6 is 23.3 Å². The second kappa shape index (κ2) is 5.29. The van der Waals surface area contributed by atoms with Crippen LogP contribution in [0.4, 0.5) is 5.69 Å². The molecule has 3 aliphatic rings. The van der Waals surface area contributed by atoms with Gasteiger partial charge >= 0.3 is 0 Å². The summed E-state index contributed by atoms with van der Waals surface area (Å²) in [6.07, 6.45) is 7.60. The normalized spacial score (nSPS) is 18.4. The molecule has 0 saturated carbocycles. The highest BCUT2D eigenvalue weighted by Gasteiger charge is 2.25. The third-order valence-corrected chi connectivity index (χ3v) is 7.37. The second-order valence-electron chi connectivity index (χ2n) is 6.53. The standard InChI is InChI=1S/C18H20N2S2/c1-2-11-8-12-4-5-15(12)18(14(11)3-1)20-22-17-9-13-10-19-7-6-16(13)21-17/h8-9,19-20H,1-7,10H2. The molecule has 0 atom stereocenters. The van der Waals surface area contributed by atoms with E-state index in [1.807, 2.05) is 23.3 Å². The van der Waals surface area contributed by atoms with Gasteiger partial charge in [0.1, 0.15) is 0 Å². The van der Waals surface area contributed by atoms with Gasteiger partial charge in [-0.3, -0.25) is 0 Å². The number of fused-ring (bicyclic) bond motifs is 3. The van der Waals surface area contributed by atoms with Crippen LogP contribution in [0.15, 0.2) is 16.3 Å². The Balaban J connectivity index is 1.42. The zero-order chi connectivity index (χ0) is 14.5. The molecule has 22 heavy (non-hydrogen) atoms. The topological polar surface area (TPSA) is 24.1 Å². The first kappa shape index (κ1) is 13.5. The molecule has 4 heteroatoms. The van der Waals surface area contributed by atoms with Crippen molar-refractivity contribution in [1.82, 2.24) is 5.32 Å². The van der Waals surface area contributed by atoms with E-state index in [2.05, 4.69) is 22.2 Å². The lowest BCUT2D eigenvalue weighted by molar-refractivity contribution is 0.652. The lowest BCUT2D eigenvalue weighted by Crippen LogP contribution is -2.21. The van der Waals surface area contributed by atoms with E-state index in [0.29, 0.717) is 0 Å². The molecule has 1 aromatic heterocycles. The number of hydrogen-bond acceptors (Lipinski definition) is 4. The molecule has 1 aromatic carbocycles. The molecule has 0 bridgehead atoms. The third kappa shape index (κ3) is 2.12. The fraction of sp³-hybridized carbons (Fsp3) is 0.444. The van der Waals surface area contributed by atoms with E-state index in [1.54, 1.807) is 27.1 Å². The van der Waals surface area contributed by atoms with Gasteiger partial charge < -0.3 is 10.0 Å². The van der Waals surface area contributed by atoms with Gasteiger partial charge in [-0.05, 0) is 84.4 Å². The highest BCUT2D eigenvalue weighted by molar-refractivity contribution is 8.02. The molecular weight excluding hydrogens is 308 g/mol. The molecule has 0 saturated heterocycles. The lowest BCUT2D eigenvalue weighted by Gasteiger charge is -2.26. The summed E-state index contributed by atoms with van der Waals surface area (Å²) in [5, 5.41) is 3.46. The molecule has 0 amide bonds. The van der Waals surface area contributed by atoms with Gasteiger partial charge in [0, 0.05) is 18.0 Å². The SMILES string of the molecule is c1c(SNc2c3c(cc4c2CC4)CCC3)sc2c1CNCC2. The largest absolute Gasteiger partial charge is 0.324 e. The van der Waals surface area contributed by atoms with Gasteiger partial charge in [-0.25, -0.2) is 0 Å². The van der Waals surface area contributed by atoms with Crippen LogP contribution in [0.5, 0.6) is 0 Å². The highest BCUT2D eigenvalue weighted by Crippen LogP contribution is 2.42. The van der Waals surface area contributed by atoms with Crippen LogP contribution in [0.25, 0.3) is 0 Å². The van der Waals surface area contributed by atoms with Gasteiger partial charge in [0.15, 0.2) is 0 Å². The van der Waals surface area contributed by atoms with Crippen molar-refractivity contribution in [3.8, 4) is 0 Å². The minimum Gasteiger partial charge on any atom is -0.324 e. The number of nitrogens with one attached hydrogen (secondary N) is 2. The van der Waals surface area contributed by atoms with E-state index in [-0.39, 0.29) is 0 Å². The quantitative estimate of drug-likeness (QED) is 0.830. The Bertz CT molecular complexity index is 725. The monoisotopic (exact) mass is 328 g/mol. The molecule has 2 heterocycles. The Morgan fingerprint density at radius 1 is 0.955 bits per heavy atom. The van der Waals surface area contributed by atoms with Gasteiger partial charge in [0.25, 0.3) is 0 Å². The third-order valence-electron chi connectivity index (χ3n) is 5.22. The second-order valence-corrected chi connectivity index (χ2v) is 8.77. The maximum Gasteiger partial charge on any atom is 0.0814 e. The molecule has 0 unspecified atom stereocenters. The molecular formula is C18H20N2S2. The van der Waals surface area contributed by atoms with Crippen LogP contribution in [0.2, 0.25) is 0 Å². The first-order chi connectivity index (χ1) is 10.9. The van der Waals surface area contributed by atoms with Gasteiger partial charge in [0.2, 0.25) is 0 Å². The van der Waals surface area contributed by atoms with Crippen LogP contribution in [-0.2, 0) is 38.6 Å². The molecule has 2 N–H and O–H groups in total. The predicted molar refractivity (Wildman–Crippen MR) is 95.1 cm³/mol. The summed E-state index contributed by atoms with van der Waals surface area (Å²) < 4.78 is 5.15. The first-order valence-electron chi connectivity index (χ1n) is 8.30. The molecule has 2 aromatic rings. The Morgan fingerprint density at radius 3 is 2.73 bits per heavy atom. The van der Waals surface area contributed by atoms with Crippen LogP contribution in [0.3, 0.4) is 0 Å². The highest BCUT2D eigenvalue weighted by atomic mass is 32.2. The summed E-state index contributed by atoms with van der Waals surface area (Å²) in [6, 6.07) is 4.85. The summed E-state index contributed by atoms with van der Waals surface area (Å²) in [4.78, 5) is 1.58. The number of benzene rings is 1. The van der Waals surface area contributed by atoms with E-state index < -0.39 is 0 Å². The smallest absolute Gasteiger partial charge is 0.0814 e. The van der Waals surface area contributed by atoms with Crippen molar-refractivity contribution in [2.75, 3.05) is 11.3 Å². The molecule has 114 valence electrons. The predicted octanol–water partition coefficient (Wildman–Crippen LogP) is 4.10. The average molecular weight is 329 g/mol. The molecule has 0 fully saturated rings. The van der Waals surface area contributed by atoms with Crippen molar-refractivity contribution in [3.63, 3.8) is 0 Å². The molecule has 2 aliphatic carbocycles. The Morgan fingerprint density at radius 2 is 1.86 bits per heavy atom. The van der Waals surface area contributed by atoms with Gasteiger partial charge in [-0.2, -0.15) is 0 Å². The van der Waals surface area contributed by atoms with Crippen molar-refractivity contribution < 1.29 is 0 Å². The van der Waals surface area contributed by atoms with E-state index in [4.69, 9.17) is 0 Å². The average Bonchev–Trinajstić information content (AvgIpc) is 3.13. The number of rotatable bonds is 3. The maximum atomic E-state index is 3.74. The zero-order valence-electron chi connectivity index (χ0n) is 12.6. The minimum absolute atomic E-state index is 1.04. The van der Waals surface area contributed by atoms with E-state index >= 15 is 0 Å². The minimum atomic E-state index is 1.04. The summed E-state index contributed by atoms with van der Waals surface area (Å²) in [5.41, 5.74) is 9.37. The van der Waals surface area contributed by atoms with Crippen molar-refractivity contribution in [2.24, 2.45) is 0 Å². The number of aryl methyl sites for hydroxylation is 2. The Labute approximate surface area is 139 Å². The summed E-state index contributed by atoms with van der Waals surface area (Å²) in [5.74, 6) is 0. The van der Waals surface area contributed by atoms with E-state index in [1.165, 1.54) is 54.0 Å². The van der Waals surface area contributed by atoms with E-state index in [9.17, 15) is 0 Å². The number of thiophene rings is 1. The lowest BCUT2D eigenvalue weighted by atomic mass is 9.84. The number of hydrogen-bond donors (Lipinski definition) is 2. The summed E-state index contributed by atoms with van der Waals surface area (Å²) in [7, 11) is 0. The molecule has 1 aliphatic heterocycles. The zero-order valence-corrected chi connectivity index (χ0v) is 14.3. The molecule has 5 rings (SSSR count). The van der Waals surface area contributed by atoms with Crippen LogP contribution < -0.4 is 10.0 Å². The van der Waals surface area contributed by atoms with Crippen molar-refractivity contribution in [3.05, 3.63) is 44.8 Å². The van der Waals surface area contributed by atoms with E-state index in [0.717, 1.165) is 13.1 Å². The van der Waals surface area contributed by atoms with Gasteiger partial charge in [0.05, 0.1) is 9.90 Å². The van der Waals surface area contributed by atoms with Crippen LogP contribution in [0, 0.1) is 0 Å². The molecule has 0 spiro atoms.